The molecule has 18 heavy (non-hydrogen) atoms. The Morgan fingerprint density at radius 1 is 1.39 bits per heavy atom. The Balaban J connectivity index is 2.64. The average molecular weight is 255 g/mol. The van der Waals surface area contributed by atoms with Crippen LogP contribution in [0, 0.1) is 5.82 Å². The lowest BCUT2D eigenvalue weighted by molar-refractivity contribution is 0.123. The molecule has 4 nitrogen and oxygen atoms in total. The van der Waals surface area contributed by atoms with Crippen LogP contribution >= 0.6 is 0 Å². The molecule has 0 bridgehead atoms. The van der Waals surface area contributed by atoms with Crippen LogP contribution in [0.3, 0.4) is 0 Å². The molecule has 100 valence electrons. The third kappa shape index (κ3) is 2.15. The molecular weight excluding hydrogens is 237 g/mol. The molecule has 1 aliphatic heterocycles. The first-order chi connectivity index (χ1) is 8.72. The number of methoxy groups -OCH3 is 2. The zero-order valence-electron chi connectivity index (χ0n) is 10.9. The molecule has 0 aromatic heterocycles. The van der Waals surface area contributed by atoms with Crippen LogP contribution in [0.1, 0.15) is 17.2 Å². The lowest BCUT2D eigenvalue weighted by atomic mass is 9.97. The van der Waals surface area contributed by atoms with E-state index < -0.39 is 0 Å². The molecule has 2 rings (SSSR count). The SMILES string of the molecule is CNC1COCCc2c(F)cc(OC)c(OC)c21. The van der Waals surface area contributed by atoms with Crippen molar-refractivity contribution in [2.24, 2.45) is 0 Å². The van der Waals surface area contributed by atoms with Crippen LogP contribution in [0.2, 0.25) is 0 Å². The second-order valence-corrected chi connectivity index (χ2v) is 4.15. The van der Waals surface area contributed by atoms with Crippen molar-refractivity contribution in [2.75, 3.05) is 34.5 Å². The van der Waals surface area contributed by atoms with Crippen molar-refractivity contribution in [3.63, 3.8) is 0 Å². The Morgan fingerprint density at radius 3 is 2.78 bits per heavy atom. The normalized spacial score (nSPS) is 19.0. The molecule has 0 aliphatic carbocycles. The fourth-order valence-corrected chi connectivity index (χ4v) is 2.34. The molecular formula is C13H18FNO3. The van der Waals surface area contributed by atoms with E-state index in [1.54, 1.807) is 7.11 Å². The first-order valence-electron chi connectivity index (χ1n) is 5.91. The third-order valence-electron chi connectivity index (χ3n) is 3.24. The van der Waals surface area contributed by atoms with Crippen molar-refractivity contribution >= 4 is 0 Å². The Bertz CT molecular complexity index is 437. The molecule has 1 aromatic rings. The molecule has 0 saturated heterocycles. The molecule has 0 fully saturated rings. The monoisotopic (exact) mass is 255 g/mol. The van der Waals surface area contributed by atoms with Crippen LogP contribution in [0.25, 0.3) is 0 Å². The van der Waals surface area contributed by atoms with Crippen LogP contribution in [0.15, 0.2) is 6.07 Å². The Labute approximate surface area is 106 Å². The summed E-state index contributed by atoms with van der Waals surface area (Å²) in [4.78, 5) is 0. The Morgan fingerprint density at radius 2 is 2.17 bits per heavy atom. The fourth-order valence-electron chi connectivity index (χ4n) is 2.34. The molecule has 1 unspecified atom stereocenters. The average Bonchev–Trinajstić information content (AvgIpc) is 2.61. The molecule has 0 radical (unpaired) electrons. The third-order valence-corrected chi connectivity index (χ3v) is 3.24. The van der Waals surface area contributed by atoms with Crippen LogP contribution in [0.5, 0.6) is 11.5 Å². The van der Waals surface area contributed by atoms with Crippen molar-refractivity contribution in [1.29, 1.82) is 0 Å². The summed E-state index contributed by atoms with van der Waals surface area (Å²) in [5.41, 5.74) is 1.44. The summed E-state index contributed by atoms with van der Waals surface area (Å²) in [7, 11) is 4.89. The van der Waals surface area contributed by atoms with Crippen LogP contribution < -0.4 is 14.8 Å². The molecule has 1 N–H and O–H groups in total. The predicted octanol–water partition coefficient (Wildman–Crippen LogP) is 1.68. The molecule has 5 heteroatoms. The van der Waals surface area contributed by atoms with E-state index in [0.29, 0.717) is 36.7 Å². The number of benzene rings is 1. The highest BCUT2D eigenvalue weighted by molar-refractivity contribution is 5.53. The van der Waals surface area contributed by atoms with E-state index in [-0.39, 0.29) is 11.9 Å². The van der Waals surface area contributed by atoms with E-state index in [4.69, 9.17) is 14.2 Å². The van der Waals surface area contributed by atoms with E-state index in [9.17, 15) is 4.39 Å². The zero-order valence-corrected chi connectivity index (χ0v) is 10.9. The minimum absolute atomic E-state index is 0.0953. The van der Waals surface area contributed by atoms with E-state index in [1.165, 1.54) is 13.2 Å². The van der Waals surface area contributed by atoms with Gasteiger partial charge in [0.05, 0.1) is 33.5 Å². The van der Waals surface area contributed by atoms with Crippen LogP contribution in [-0.2, 0) is 11.2 Å². The number of ether oxygens (including phenoxy) is 3. The molecule has 1 heterocycles. The van der Waals surface area contributed by atoms with Gasteiger partial charge in [-0.25, -0.2) is 4.39 Å². The summed E-state index contributed by atoms with van der Waals surface area (Å²) in [5.74, 6) is 0.725. The maximum atomic E-state index is 14.1. The summed E-state index contributed by atoms with van der Waals surface area (Å²) in [6.07, 6.45) is 0.541. The highest BCUT2D eigenvalue weighted by atomic mass is 19.1. The number of fused-ring (bicyclic) bond motifs is 1. The highest BCUT2D eigenvalue weighted by Gasteiger charge is 2.27. The van der Waals surface area contributed by atoms with E-state index in [1.807, 2.05) is 7.05 Å². The van der Waals surface area contributed by atoms with E-state index >= 15 is 0 Å². The summed E-state index contributed by atoms with van der Waals surface area (Å²) in [6, 6.07) is 1.28. The first kappa shape index (κ1) is 13.1. The van der Waals surface area contributed by atoms with Gasteiger partial charge in [-0.3, -0.25) is 0 Å². The standard InChI is InChI=1S/C13H18FNO3/c1-15-10-7-18-5-4-8-9(14)6-11(16-2)13(17-3)12(8)10/h6,10,15H,4-5,7H2,1-3H3. The molecule has 1 aliphatic rings. The lowest BCUT2D eigenvalue weighted by Gasteiger charge is -2.21. The molecule has 0 spiro atoms. The molecule has 0 saturated carbocycles. The zero-order chi connectivity index (χ0) is 13.1. The number of rotatable bonds is 3. The predicted molar refractivity (Wildman–Crippen MR) is 65.8 cm³/mol. The topological polar surface area (TPSA) is 39.7 Å². The van der Waals surface area contributed by atoms with Crippen molar-refractivity contribution < 1.29 is 18.6 Å². The maximum Gasteiger partial charge on any atom is 0.166 e. The smallest absolute Gasteiger partial charge is 0.166 e. The van der Waals surface area contributed by atoms with Crippen LogP contribution in [0.4, 0.5) is 4.39 Å². The van der Waals surface area contributed by atoms with Crippen molar-refractivity contribution in [2.45, 2.75) is 12.5 Å². The van der Waals surface area contributed by atoms with Gasteiger partial charge in [-0.2, -0.15) is 0 Å². The maximum absolute atomic E-state index is 14.1. The highest BCUT2D eigenvalue weighted by Crippen LogP contribution is 2.40. The van der Waals surface area contributed by atoms with Gasteiger partial charge in [-0.05, 0) is 19.0 Å². The summed E-state index contributed by atoms with van der Waals surface area (Å²) in [6.45, 7) is 1.00. The van der Waals surface area contributed by atoms with Gasteiger partial charge in [0.2, 0.25) is 0 Å². The van der Waals surface area contributed by atoms with Crippen molar-refractivity contribution in [3.05, 3.63) is 23.0 Å². The van der Waals surface area contributed by atoms with Crippen LogP contribution in [-0.4, -0.2) is 34.5 Å². The first-order valence-corrected chi connectivity index (χ1v) is 5.91. The second-order valence-electron chi connectivity index (χ2n) is 4.15. The minimum atomic E-state index is -0.270. The largest absolute Gasteiger partial charge is 0.493 e. The van der Waals surface area contributed by atoms with Gasteiger partial charge in [0.15, 0.2) is 11.5 Å². The van der Waals surface area contributed by atoms with Gasteiger partial charge in [0, 0.05) is 11.6 Å². The van der Waals surface area contributed by atoms with E-state index in [2.05, 4.69) is 5.32 Å². The van der Waals surface area contributed by atoms with Gasteiger partial charge in [-0.15, -0.1) is 0 Å². The molecule has 0 amide bonds. The second kappa shape index (κ2) is 5.54. The number of hydrogen-bond acceptors (Lipinski definition) is 4. The van der Waals surface area contributed by atoms with Gasteiger partial charge in [0.25, 0.3) is 0 Å². The van der Waals surface area contributed by atoms with Gasteiger partial charge in [-0.1, -0.05) is 0 Å². The Kier molecular flexibility index (Phi) is 4.04. The van der Waals surface area contributed by atoms with Gasteiger partial charge in [0.1, 0.15) is 5.82 Å². The minimum Gasteiger partial charge on any atom is -0.493 e. The fraction of sp³-hybridized carbons (Fsp3) is 0.538. The number of nitrogens with one attached hydrogen (secondary N) is 1. The van der Waals surface area contributed by atoms with Crippen molar-refractivity contribution in [3.8, 4) is 11.5 Å². The molecule has 1 aromatic carbocycles. The quantitative estimate of drug-likeness (QED) is 0.892. The van der Waals surface area contributed by atoms with Gasteiger partial charge >= 0.3 is 0 Å². The number of halogens is 1. The van der Waals surface area contributed by atoms with Gasteiger partial charge < -0.3 is 19.5 Å². The number of likely N-dealkylation sites (N-methyl/N-ethyl adjacent to an activating group) is 1. The van der Waals surface area contributed by atoms with Crippen molar-refractivity contribution in [1.82, 2.24) is 5.32 Å². The Hall–Kier alpha value is -1.33. The summed E-state index contributed by atoms with van der Waals surface area (Å²) >= 11 is 0. The summed E-state index contributed by atoms with van der Waals surface area (Å²) in [5, 5.41) is 3.13. The molecule has 1 atom stereocenters. The van der Waals surface area contributed by atoms with E-state index in [0.717, 1.165) is 5.56 Å². The number of hydrogen-bond donors (Lipinski definition) is 1. The lowest BCUT2D eigenvalue weighted by Crippen LogP contribution is -2.22. The summed E-state index contributed by atoms with van der Waals surface area (Å²) < 4.78 is 30.2.